The van der Waals surface area contributed by atoms with Crippen LogP contribution in [0.5, 0.6) is 0 Å². The van der Waals surface area contributed by atoms with Gasteiger partial charge in [0.1, 0.15) is 0 Å². The lowest BCUT2D eigenvalue weighted by Crippen LogP contribution is -2.18. The topological polar surface area (TPSA) is 115 Å². The molecular weight excluding hydrogens is 252 g/mol. The predicted octanol–water partition coefficient (Wildman–Crippen LogP) is 1.63. The maximum absolute atomic E-state index is 10.2. The van der Waals surface area contributed by atoms with E-state index in [1.165, 1.54) is 12.8 Å². The highest BCUT2D eigenvalue weighted by Crippen LogP contribution is 2.07. The zero-order valence-electron chi connectivity index (χ0n) is 11.7. The first kappa shape index (κ1) is 20.2. The summed E-state index contributed by atoms with van der Waals surface area (Å²) in [7, 11) is 0. The lowest BCUT2D eigenvalue weighted by Gasteiger charge is -2.03. The molecule has 6 nitrogen and oxygen atoms in total. The van der Waals surface area contributed by atoms with Crippen molar-refractivity contribution < 1.29 is 30.0 Å². The predicted molar refractivity (Wildman–Crippen MR) is 71.0 cm³/mol. The first-order chi connectivity index (χ1) is 8.86. The fourth-order valence-corrected chi connectivity index (χ4v) is 1.24. The van der Waals surface area contributed by atoms with Crippen LogP contribution in [-0.4, -0.2) is 44.6 Å². The first-order valence-corrected chi connectivity index (χ1v) is 6.68. The Kier molecular flexibility index (Phi) is 14.1. The smallest absolute Gasteiger partial charge is 0.332 e. The Balaban J connectivity index is 0. The Hall–Kier alpha value is -1.14. The number of carboxylic acid groups (broad SMARTS) is 2. The van der Waals surface area contributed by atoms with Crippen LogP contribution in [0, 0.1) is 0 Å². The fraction of sp³-hybridized carbons (Fsp3) is 0.846. The van der Waals surface area contributed by atoms with E-state index in [1.807, 2.05) is 0 Å². The fourth-order valence-electron chi connectivity index (χ4n) is 1.24. The molecular formula is C13H26O6. The zero-order valence-corrected chi connectivity index (χ0v) is 11.7. The summed E-state index contributed by atoms with van der Waals surface area (Å²) in [4.78, 5) is 19.8. The molecule has 0 heterocycles. The van der Waals surface area contributed by atoms with Crippen LogP contribution in [0.1, 0.15) is 58.8 Å². The maximum atomic E-state index is 10.2. The highest BCUT2D eigenvalue weighted by atomic mass is 16.4. The van der Waals surface area contributed by atoms with E-state index in [2.05, 4.69) is 6.92 Å². The molecule has 0 bridgehead atoms. The summed E-state index contributed by atoms with van der Waals surface area (Å²) in [5, 5.41) is 33.5. The molecule has 0 fully saturated rings. The molecule has 0 aliphatic carbocycles. The summed E-state index contributed by atoms with van der Waals surface area (Å²) in [5.74, 6) is -2.26. The molecule has 2 unspecified atom stereocenters. The van der Waals surface area contributed by atoms with Crippen molar-refractivity contribution in [2.24, 2.45) is 0 Å². The summed E-state index contributed by atoms with van der Waals surface area (Å²) < 4.78 is 0. The van der Waals surface area contributed by atoms with Crippen LogP contribution in [0.4, 0.5) is 0 Å². The second kappa shape index (κ2) is 13.3. The third-order valence-electron chi connectivity index (χ3n) is 2.54. The third kappa shape index (κ3) is 14.8. The lowest BCUT2D eigenvalue weighted by atomic mass is 10.1. The van der Waals surface area contributed by atoms with Gasteiger partial charge in [0.05, 0.1) is 0 Å². The molecule has 114 valence electrons. The molecule has 19 heavy (non-hydrogen) atoms. The van der Waals surface area contributed by atoms with Gasteiger partial charge in [-0.15, -0.1) is 0 Å². The van der Waals surface area contributed by atoms with E-state index >= 15 is 0 Å². The number of unbranched alkanes of at least 4 members (excludes halogenated alkanes) is 4. The van der Waals surface area contributed by atoms with Crippen molar-refractivity contribution in [1.82, 2.24) is 0 Å². The summed E-state index contributed by atoms with van der Waals surface area (Å²) in [5.41, 5.74) is 0. The van der Waals surface area contributed by atoms with E-state index in [4.69, 9.17) is 20.4 Å². The van der Waals surface area contributed by atoms with Crippen molar-refractivity contribution in [1.29, 1.82) is 0 Å². The van der Waals surface area contributed by atoms with Crippen LogP contribution in [0.3, 0.4) is 0 Å². The van der Waals surface area contributed by atoms with Crippen molar-refractivity contribution in [3.63, 3.8) is 0 Å². The van der Waals surface area contributed by atoms with Crippen LogP contribution < -0.4 is 0 Å². The average Bonchev–Trinajstić information content (AvgIpc) is 2.37. The molecule has 0 saturated heterocycles. The molecule has 0 aromatic heterocycles. The number of aliphatic carboxylic acids is 2. The Morgan fingerprint density at radius 3 is 1.63 bits per heavy atom. The SMILES string of the molecule is CCC(O)C(=O)O.CCCCCCCC(O)C(=O)O. The molecule has 0 spiro atoms. The van der Waals surface area contributed by atoms with E-state index < -0.39 is 24.1 Å². The molecule has 2 atom stereocenters. The number of carboxylic acids is 2. The van der Waals surface area contributed by atoms with Gasteiger partial charge in [-0.05, 0) is 12.8 Å². The first-order valence-electron chi connectivity index (χ1n) is 6.68. The van der Waals surface area contributed by atoms with Gasteiger partial charge >= 0.3 is 11.9 Å². The maximum Gasteiger partial charge on any atom is 0.332 e. The minimum atomic E-state index is -1.18. The van der Waals surface area contributed by atoms with E-state index in [9.17, 15) is 9.59 Å². The quantitative estimate of drug-likeness (QED) is 0.476. The number of hydrogen-bond donors (Lipinski definition) is 4. The number of aliphatic hydroxyl groups is 2. The number of rotatable bonds is 9. The van der Waals surface area contributed by atoms with E-state index in [-0.39, 0.29) is 6.42 Å². The molecule has 0 aliphatic heterocycles. The number of carbonyl (C=O) groups is 2. The molecule has 0 radical (unpaired) electrons. The Bertz CT molecular complexity index is 241. The largest absolute Gasteiger partial charge is 0.479 e. The van der Waals surface area contributed by atoms with Gasteiger partial charge in [0.15, 0.2) is 12.2 Å². The van der Waals surface area contributed by atoms with Crippen molar-refractivity contribution >= 4 is 11.9 Å². The van der Waals surface area contributed by atoms with E-state index in [0.29, 0.717) is 6.42 Å². The average molecular weight is 278 g/mol. The summed E-state index contributed by atoms with van der Waals surface area (Å²) in [6.45, 7) is 3.74. The van der Waals surface area contributed by atoms with Crippen LogP contribution in [0.15, 0.2) is 0 Å². The molecule has 0 amide bonds. The molecule has 4 N–H and O–H groups in total. The third-order valence-corrected chi connectivity index (χ3v) is 2.54. The second-order valence-electron chi connectivity index (χ2n) is 4.32. The van der Waals surface area contributed by atoms with Gasteiger partial charge in [0.25, 0.3) is 0 Å². The zero-order chi connectivity index (χ0) is 15.3. The Labute approximate surface area is 114 Å². The van der Waals surface area contributed by atoms with Gasteiger partial charge in [0.2, 0.25) is 0 Å². The van der Waals surface area contributed by atoms with E-state index in [1.54, 1.807) is 6.92 Å². The van der Waals surface area contributed by atoms with Crippen LogP contribution in [0.2, 0.25) is 0 Å². The Morgan fingerprint density at radius 1 is 0.842 bits per heavy atom. The number of aliphatic hydroxyl groups excluding tert-OH is 2. The van der Waals surface area contributed by atoms with Gasteiger partial charge in [-0.1, -0.05) is 46.0 Å². The van der Waals surface area contributed by atoms with Crippen LogP contribution in [0.25, 0.3) is 0 Å². The summed E-state index contributed by atoms with van der Waals surface area (Å²) >= 11 is 0. The van der Waals surface area contributed by atoms with Crippen LogP contribution in [-0.2, 0) is 9.59 Å². The molecule has 0 aromatic carbocycles. The van der Waals surface area contributed by atoms with E-state index in [0.717, 1.165) is 19.3 Å². The molecule has 0 saturated carbocycles. The second-order valence-corrected chi connectivity index (χ2v) is 4.32. The molecule has 6 heteroatoms. The van der Waals surface area contributed by atoms with Gasteiger partial charge < -0.3 is 20.4 Å². The minimum absolute atomic E-state index is 0.273. The van der Waals surface area contributed by atoms with Crippen LogP contribution >= 0.6 is 0 Å². The van der Waals surface area contributed by atoms with Gasteiger partial charge in [-0.25, -0.2) is 9.59 Å². The minimum Gasteiger partial charge on any atom is -0.479 e. The van der Waals surface area contributed by atoms with Crippen molar-refractivity contribution in [3.05, 3.63) is 0 Å². The molecule has 0 rings (SSSR count). The normalized spacial score (nSPS) is 13.1. The molecule has 0 aliphatic rings. The van der Waals surface area contributed by atoms with Crippen molar-refractivity contribution in [2.75, 3.05) is 0 Å². The Morgan fingerprint density at radius 2 is 1.32 bits per heavy atom. The van der Waals surface area contributed by atoms with Gasteiger partial charge in [0, 0.05) is 0 Å². The standard InChI is InChI=1S/C9H18O3.C4H8O3/c1-2-3-4-5-6-7-8(10)9(11)12;1-2-3(5)4(6)7/h8,10H,2-7H2,1H3,(H,11,12);3,5H,2H2,1H3,(H,6,7). The van der Waals surface area contributed by atoms with Gasteiger partial charge in [-0.3, -0.25) is 0 Å². The van der Waals surface area contributed by atoms with Crippen molar-refractivity contribution in [2.45, 2.75) is 71.0 Å². The summed E-state index contributed by atoms with van der Waals surface area (Å²) in [6.07, 6.45) is 3.68. The number of hydrogen-bond acceptors (Lipinski definition) is 4. The van der Waals surface area contributed by atoms with Gasteiger partial charge in [-0.2, -0.15) is 0 Å². The monoisotopic (exact) mass is 278 g/mol. The highest BCUT2D eigenvalue weighted by Gasteiger charge is 2.11. The summed E-state index contributed by atoms with van der Waals surface area (Å²) in [6, 6.07) is 0. The van der Waals surface area contributed by atoms with Crippen molar-refractivity contribution in [3.8, 4) is 0 Å². The molecule has 0 aromatic rings. The highest BCUT2D eigenvalue weighted by molar-refractivity contribution is 5.72. The lowest BCUT2D eigenvalue weighted by molar-refractivity contribution is -0.147.